The maximum atomic E-state index is 12.3. The largest absolute Gasteiger partial charge is 0.444 e. The third-order valence-electron chi connectivity index (χ3n) is 4.65. The van der Waals surface area contributed by atoms with Crippen molar-refractivity contribution in [3.8, 4) is 0 Å². The number of nitrogens with one attached hydrogen (secondary N) is 2. The molecule has 3 aromatic rings. The van der Waals surface area contributed by atoms with Gasteiger partial charge in [-0.1, -0.05) is 54.6 Å². The van der Waals surface area contributed by atoms with Crippen molar-refractivity contribution >= 4 is 34.1 Å². The molecule has 0 unspecified atom stereocenters. The average Bonchev–Trinajstić information content (AvgIpc) is 2.77. The van der Waals surface area contributed by atoms with Crippen LogP contribution in [0, 0.1) is 0 Å². The van der Waals surface area contributed by atoms with E-state index < -0.39 is 6.09 Å². The molecule has 3 aromatic carbocycles. The van der Waals surface area contributed by atoms with Gasteiger partial charge in [0, 0.05) is 36.6 Å². The van der Waals surface area contributed by atoms with Crippen LogP contribution < -0.4 is 10.6 Å². The van der Waals surface area contributed by atoms with Gasteiger partial charge < -0.3 is 14.8 Å². The fraction of sp³-hybridized carbons (Fsp3) is 0.250. The van der Waals surface area contributed by atoms with E-state index in [0.717, 1.165) is 29.2 Å². The van der Waals surface area contributed by atoms with Gasteiger partial charge in [-0.25, -0.2) is 4.79 Å². The summed E-state index contributed by atoms with van der Waals surface area (Å²) in [5.74, 6) is -0.0424. The second-order valence-corrected chi connectivity index (χ2v) is 6.89. The van der Waals surface area contributed by atoms with E-state index in [1.54, 1.807) is 7.11 Å². The molecule has 6 nitrogen and oxygen atoms in total. The van der Waals surface area contributed by atoms with Crippen molar-refractivity contribution in [1.29, 1.82) is 0 Å². The Morgan fingerprint density at radius 2 is 1.47 bits per heavy atom. The van der Waals surface area contributed by atoms with Crippen LogP contribution in [0.2, 0.25) is 0 Å². The lowest BCUT2D eigenvalue weighted by Crippen LogP contribution is -2.14. The van der Waals surface area contributed by atoms with Gasteiger partial charge in [0.25, 0.3) is 0 Å². The normalized spacial score (nSPS) is 10.6. The molecule has 2 amide bonds. The van der Waals surface area contributed by atoms with Gasteiger partial charge in [-0.05, 0) is 30.5 Å². The van der Waals surface area contributed by atoms with Gasteiger partial charge in [-0.2, -0.15) is 0 Å². The van der Waals surface area contributed by atoms with E-state index in [-0.39, 0.29) is 12.5 Å². The van der Waals surface area contributed by atoms with E-state index in [9.17, 15) is 9.59 Å². The molecular formula is C24H26N2O4. The number of carbonyl (C=O) groups is 2. The lowest BCUT2D eigenvalue weighted by molar-refractivity contribution is -0.116. The molecule has 0 heterocycles. The first-order chi connectivity index (χ1) is 14.7. The molecule has 156 valence electrons. The molecule has 0 fully saturated rings. The van der Waals surface area contributed by atoms with Crippen molar-refractivity contribution in [3.05, 3.63) is 72.3 Å². The van der Waals surface area contributed by atoms with Crippen molar-refractivity contribution in [2.45, 2.75) is 25.9 Å². The lowest BCUT2D eigenvalue weighted by Gasteiger charge is -2.13. The highest BCUT2D eigenvalue weighted by Gasteiger charge is 2.11. The first-order valence-corrected chi connectivity index (χ1v) is 9.95. The summed E-state index contributed by atoms with van der Waals surface area (Å²) >= 11 is 0. The zero-order chi connectivity index (χ0) is 21.2. The molecule has 0 bridgehead atoms. The zero-order valence-electron chi connectivity index (χ0n) is 17.0. The first kappa shape index (κ1) is 21.3. The van der Waals surface area contributed by atoms with Crippen molar-refractivity contribution in [2.24, 2.45) is 0 Å². The minimum absolute atomic E-state index is 0.0424. The monoisotopic (exact) mass is 406 g/mol. The van der Waals surface area contributed by atoms with Crippen LogP contribution in [0.25, 0.3) is 10.8 Å². The molecule has 30 heavy (non-hydrogen) atoms. The number of hydrogen-bond donors (Lipinski definition) is 2. The van der Waals surface area contributed by atoms with Crippen LogP contribution in [-0.4, -0.2) is 25.7 Å². The van der Waals surface area contributed by atoms with E-state index in [0.29, 0.717) is 24.4 Å². The predicted octanol–water partition coefficient (Wildman–Crippen LogP) is 5.34. The van der Waals surface area contributed by atoms with E-state index in [4.69, 9.17) is 9.47 Å². The fourth-order valence-corrected chi connectivity index (χ4v) is 3.14. The fourth-order valence-electron chi connectivity index (χ4n) is 3.14. The van der Waals surface area contributed by atoms with Crippen LogP contribution in [0.4, 0.5) is 16.2 Å². The standard InChI is InChI=1S/C24H26N2O4/c1-29-16-6-5-15-23(27)25-21-13-7-12-20-19(21)11-8-14-22(20)26-24(28)30-17-18-9-3-2-4-10-18/h2-4,7-14H,5-6,15-17H2,1H3,(H,25,27)(H,26,28). The van der Waals surface area contributed by atoms with Crippen molar-refractivity contribution in [2.75, 3.05) is 24.4 Å². The summed E-state index contributed by atoms with van der Waals surface area (Å²) in [7, 11) is 1.65. The highest BCUT2D eigenvalue weighted by Crippen LogP contribution is 2.29. The average molecular weight is 406 g/mol. The third-order valence-corrected chi connectivity index (χ3v) is 4.65. The summed E-state index contributed by atoms with van der Waals surface area (Å²) < 4.78 is 10.3. The molecule has 0 aliphatic carbocycles. The van der Waals surface area contributed by atoms with E-state index in [2.05, 4.69) is 10.6 Å². The predicted molar refractivity (Wildman–Crippen MR) is 119 cm³/mol. The second-order valence-electron chi connectivity index (χ2n) is 6.89. The highest BCUT2D eigenvalue weighted by atomic mass is 16.5. The SMILES string of the molecule is COCCCCC(=O)Nc1cccc2c(NC(=O)OCc3ccccc3)cccc12. The summed E-state index contributed by atoms with van der Waals surface area (Å²) in [6.45, 7) is 0.846. The summed E-state index contributed by atoms with van der Waals surface area (Å²) in [6, 6.07) is 20.7. The van der Waals surface area contributed by atoms with Crippen molar-refractivity contribution in [3.63, 3.8) is 0 Å². The third kappa shape index (κ3) is 6.06. The van der Waals surface area contributed by atoms with Crippen molar-refractivity contribution < 1.29 is 19.1 Å². The smallest absolute Gasteiger partial charge is 0.411 e. The topological polar surface area (TPSA) is 76.7 Å². The van der Waals surface area contributed by atoms with Crippen LogP contribution in [0.3, 0.4) is 0 Å². The number of benzene rings is 3. The number of methoxy groups -OCH3 is 1. The van der Waals surface area contributed by atoms with Gasteiger partial charge in [0.1, 0.15) is 6.61 Å². The van der Waals surface area contributed by atoms with Gasteiger partial charge in [-0.3, -0.25) is 10.1 Å². The summed E-state index contributed by atoms with van der Waals surface area (Å²) in [5.41, 5.74) is 2.26. The lowest BCUT2D eigenvalue weighted by atomic mass is 10.1. The number of amides is 2. The van der Waals surface area contributed by atoms with Gasteiger partial charge >= 0.3 is 6.09 Å². The maximum Gasteiger partial charge on any atom is 0.411 e. The minimum Gasteiger partial charge on any atom is -0.444 e. The van der Waals surface area contributed by atoms with Crippen molar-refractivity contribution in [1.82, 2.24) is 0 Å². The number of carbonyl (C=O) groups excluding carboxylic acids is 2. The van der Waals surface area contributed by atoms with Gasteiger partial charge in [0.15, 0.2) is 0 Å². The number of anilines is 2. The van der Waals surface area contributed by atoms with Gasteiger partial charge in [0.05, 0.1) is 5.69 Å². The summed E-state index contributed by atoms with van der Waals surface area (Å²) in [4.78, 5) is 24.5. The Labute approximate surface area is 176 Å². The maximum absolute atomic E-state index is 12.3. The van der Waals surface area contributed by atoms with Crippen LogP contribution in [-0.2, 0) is 20.9 Å². The molecule has 0 saturated heterocycles. The van der Waals surface area contributed by atoms with E-state index in [1.165, 1.54) is 0 Å². The second kappa shape index (κ2) is 11.0. The molecule has 0 aromatic heterocycles. The Balaban J connectivity index is 1.66. The molecule has 3 rings (SSSR count). The molecule has 0 saturated carbocycles. The number of fused-ring (bicyclic) bond motifs is 1. The quantitative estimate of drug-likeness (QED) is 0.470. The Morgan fingerprint density at radius 3 is 2.13 bits per heavy atom. The highest BCUT2D eigenvalue weighted by molar-refractivity contribution is 6.08. The Kier molecular flexibility index (Phi) is 7.80. The molecule has 0 aliphatic heterocycles. The van der Waals surface area contributed by atoms with Gasteiger partial charge in [0.2, 0.25) is 5.91 Å². The van der Waals surface area contributed by atoms with Crippen LogP contribution in [0.5, 0.6) is 0 Å². The number of rotatable bonds is 9. The van der Waals surface area contributed by atoms with Crippen LogP contribution in [0.1, 0.15) is 24.8 Å². The minimum atomic E-state index is -0.529. The van der Waals surface area contributed by atoms with E-state index in [1.807, 2.05) is 66.7 Å². The van der Waals surface area contributed by atoms with Gasteiger partial charge in [-0.15, -0.1) is 0 Å². The van der Waals surface area contributed by atoms with Crippen LogP contribution in [0.15, 0.2) is 66.7 Å². The molecule has 2 N–H and O–H groups in total. The Morgan fingerprint density at radius 1 is 0.800 bits per heavy atom. The van der Waals surface area contributed by atoms with E-state index >= 15 is 0 Å². The molecule has 6 heteroatoms. The first-order valence-electron chi connectivity index (χ1n) is 9.95. The molecule has 0 spiro atoms. The molecular weight excluding hydrogens is 380 g/mol. The number of unbranched alkanes of at least 4 members (excludes halogenated alkanes) is 1. The Bertz CT molecular complexity index is 989. The Hall–Kier alpha value is -3.38. The summed E-state index contributed by atoms with van der Waals surface area (Å²) in [6.07, 6.45) is 1.52. The summed E-state index contributed by atoms with van der Waals surface area (Å²) in [5, 5.41) is 7.44. The number of ether oxygens (including phenoxy) is 2. The molecule has 0 radical (unpaired) electrons. The molecule has 0 aliphatic rings. The van der Waals surface area contributed by atoms with Crippen LogP contribution >= 0.6 is 0 Å². The zero-order valence-corrected chi connectivity index (χ0v) is 17.0. The number of hydrogen-bond acceptors (Lipinski definition) is 4. The molecule has 0 atom stereocenters.